The number of halogens is 1. The van der Waals surface area contributed by atoms with E-state index in [1.807, 2.05) is 0 Å². The monoisotopic (exact) mass is 370 g/mol. The third-order valence-corrected chi connectivity index (χ3v) is 4.90. The van der Waals surface area contributed by atoms with E-state index in [1.54, 1.807) is 14.2 Å². The average Bonchev–Trinajstić information content (AvgIpc) is 2.48. The van der Waals surface area contributed by atoms with Crippen molar-refractivity contribution in [1.82, 2.24) is 10.2 Å². The first-order valence-corrected chi connectivity index (χ1v) is 8.54. The number of hydrogen-bond donors (Lipinski definition) is 1. The molecule has 1 heterocycles. The number of nitrogens with one attached hydrogen (secondary N) is 1. The highest BCUT2D eigenvalue weighted by molar-refractivity contribution is 9.10. The third kappa shape index (κ3) is 3.76. The molecule has 0 radical (unpaired) electrons. The topological polar surface area (TPSA) is 33.7 Å². The maximum atomic E-state index is 5.52. The molecule has 0 spiro atoms. The van der Waals surface area contributed by atoms with Crippen molar-refractivity contribution < 1.29 is 9.47 Å². The molecule has 0 aliphatic carbocycles. The maximum absolute atomic E-state index is 5.52. The zero-order valence-electron chi connectivity index (χ0n) is 14.2. The van der Waals surface area contributed by atoms with E-state index in [2.05, 4.69) is 59.1 Å². The van der Waals surface area contributed by atoms with Crippen molar-refractivity contribution in [2.75, 3.05) is 40.4 Å². The minimum Gasteiger partial charge on any atom is -0.495 e. The molecule has 4 nitrogen and oxygen atoms in total. The number of benzene rings is 1. The van der Waals surface area contributed by atoms with Gasteiger partial charge in [0.15, 0.2) is 0 Å². The molecule has 0 amide bonds. The lowest BCUT2D eigenvalue weighted by atomic mass is 9.80. The van der Waals surface area contributed by atoms with Crippen LogP contribution < -0.4 is 14.8 Å². The molecule has 0 saturated carbocycles. The standard InChI is InChI=1S/C17H27BrN2O2/c1-17(2,3)16(20-8-6-19-7-9-20)12-10-13(21-4)15(18)14(11-12)22-5/h10-11,16,19H,6-9H2,1-5H3/t16-/m1/s1. The van der Waals surface area contributed by atoms with Gasteiger partial charge in [0.25, 0.3) is 0 Å². The molecule has 0 bridgehead atoms. The lowest BCUT2D eigenvalue weighted by Gasteiger charge is -2.42. The van der Waals surface area contributed by atoms with Crippen LogP contribution in [-0.4, -0.2) is 45.3 Å². The minimum absolute atomic E-state index is 0.126. The molecular weight excluding hydrogens is 344 g/mol. The van der Waals surface area contributed by atoms with Gasteiger partial charge in [-0.25, -0.2) is 0 Å². The van der Waals surface area contributed by atoms with Crippen LogP contribution in [0.4, 0.5) is 0 Å². The Balaban J connectivity index is 2.47. The Bertz CT molecular complexity index is 483. The van der Waals surface area contributed by atoms with Gasteiger partial charge >= 0.3 is 0 Å². The molecule has 1 N–H and O–H groups in total. The Morgan fingerprint density at radius 2 is 1.59 bits per heavy atom. The average molecular weight is 371 g/mol. The number of nitrogens with zero attached hydrogens (tertiary/aromatic N) is 1. The van der Waals surface area contributed by atoms with Crippen molar-refractivity contribution >= 4 is 15.9 Å². The van der Waals surface area contributed by atoms with Gasteiger partial charge in [0.2, 0.25) is 0 Å². The van der Waals surface area contributed by atoms with Crippen LogP contribution in [-0.2, 0) is 0 Å². The summed E-state index contributed by atoms with van der Waals surface area (Å²) in [7, 11) is 3.39. The second-order valence-corrected chi connectivity index (χ2v) is 7.59. The van der Waals surface area contributed by atoms with Crippen molar-refractivity contribution in [2.24, 2.45) is 5.41 Å². The Morgan fingerprint density at radius 3 is 2.00 bits per heavy atom. The van der Waals surface area contributed by atoms with Crippen LogP contribution >= 0.6 is 15.9 Å². The lowest BCUT2D eigenvalue weighted by Crippen LogP contribution is -2.48. The second kappa shape index (κ2) is 7.20. The largest absolute Gasteiger partial charge is 0.495 e. The quantitative estimate of drug-likeness (QED) is 0.879. The number of methoxy groups -OCH3 is 2. The number of ether oxygens (including phenoxy) is 2. The van der Waals surface area contributed by atoms with Gasteiger partial charge in [-0.1, -0.05) is 20.8 Å². The van der Waals surface area contributed by atoms with Crippen molar-refractivity contribution in [2.45, 2.75) is 26.8 Å². The van der Waals surface area contributed by atoms with Crippen LogP contribution in [0.5, 0.6) is 11.5 Å². The summed E-state index contributed by atoms with van der Waals surface area (Å²) in [5.41, 5.74) is 1.37. The summed E-state index contributed by atoms with van der Waals surface area (Å²) in [5, 5.41) is 3.43. The van der Waals surface area contributed by atoms with Gasteiger partial charge in [0.1, 0.15) is 16.0 Å². The van der Waals surface area contributed by atoms with E-state index in [4.69, 9.17) is 9.47 Å². The predicted molar refractivity (Wildman–Crippen MR) is 93.9 cm³/mol. The second-order valence-electron chi connectivity index (χ2n) is 6.79. The lowest BCUT2D eigenvalue weighted by molar-refractivity contribution is 0.0859. The van der Waals surface area contributed by atoms with Crippen molar-refractivity contribution in [1.29, 1.82) is 0 Å². The third-order valence-electron chi connectivity index (χ3n) is 4.12. The van der Waals surface area contributed by atoms with Gasteiger partial charge in [-0.05, 0) is 39.0 Å². The molecule has 1 atom stereocenters. The van der Waals surface area contributed by atoms with E-state index in [0.717, 1.165) is 42.2 Å². The first-order valence-electron chi connectivity index (χ1n) is 7.74. The number of piperazine rings is 1. The maximum Gasteiger partial charge on any atom is 0.137 e. The normalized spacial score (nSPS) is 18.1. The molecule has 22 heavy (non-hydrogen) atoms. The summed E-state index contributed by atoms with van der Waals surface area (Å²) < 4.78 is 11.9. The summed E-state index contributed by atoms with van der Waals surface area (Å²) in [6, 6.07) is 4.58. The van der Waals surface area contributed by atoms with Gasteiger partial charge in [-0.3, -0.25) is 4.90 Å². The molecule has 2 rings (SSSR count). The number of rotatable bonds is 4. The Kier molecular flexibility index (Phi) is 5.75. The highest BCUT2D eigenvalue weighted by Crippen LogP contribution is 2.44. The highest BCUT2D eigenvalue weighted by Gasteiger charge is 2.33. The van der Waals surface area contributed by atoms with Gasteiger partial charge in [-0.15, -0.1) is 0 Å². The molecule has 0 aromatic heterocycles. The summed E-state index contributed by atoms with van der Waals surface area (Å²) >= 11 is 3.56. The summed E-state index contributed by atoms with van der Waals surface area (Å²) in [6.07, 6.45) is 0. The van der Waals surface area contributed by atoms with Crippen LogP contribution in [0.15, 0.2) is 16.6 Å². The molecule has 124 valence electrons. The van der Waals surface area contributed by atoms with Gasteiger partial charge in [0.05, 0.1) is 14.2 Å². The van der Waals surface area contributed by atoms with E-state index in [0.29, 0.717) is 6.04 Å². The first-order chi connectivity index (χ1) is 10.4. The molecule has 1 aromatic rings. The molecule has 1 aliphatic heterocycles. The SMILES string of the molecule is COc1cc([C@@H](N2CCNCC2)C(C)(C)C)cc(OC)c1Br. The summed E-state index contributed by atoms with van der Waals surface area (Å²) in [4.78, 5) is 2.55. The van der Waals surface area contributed by atoms with Crippen LogP contribution in [0.3, 0.4) is 0 Å². The fourth-order valence-corrected chi connectivity index (χ4v) is 3.80. The van der Waals surface area contributed by atoms with E-state index in [-0.39, 0.29) is 5.41 Å². The molecule has 1 aromatic carbocycles. The molecule has 1 fully saturated rings. The fraction of sp³-hybridized carbons (Fsp3) is 0.647. The van der Waals surface area contributed by atoms with Crippen LogP contribution in [0.25, 0.3) is 0 Å². The molecule has 5 heteroatoms. The van der Waals surface area contributed by atoms with Crippen LogP contribution in [0.2, 0.25) is 0 Å². The zero-order chi connectivity index (χ0) is 16.3. The smallest absolute Gasteiger partial charge is 0.137 e. The van der Waals surface area contributed by atoms with Gasteiger partial charge in [0, 0.05) is 32.2 Å². The molecule has 1 aliphatic rings. The van der Waals surface area contributed by atoms with Crippen molar-refractivity contribution in [3.05, 3.63) is 22.2 Å². The molecular formula is C17H27BrN2O2. The van der Waals surface area contributed by atoms with Gasteiger partial charge < -0.3 is 14.8 Å². The zero-order valence-corrected chi connectivity index (χ0v) is 15.8. The van der Waals surface area contributed by atoms with E-state index in [9.17, 15) is 0 Å². The Hall–Kier alpha value is -0.780. The fourth-order valence-electron chi connectivity index (χ4n) is 3.25. The predicted octanol–water partition coefficient (Wildman–Crippen LogP) is 3.46. The highest BCUT2D eigenvalue weighted by atomic mass is 79.9. The Morgan fingerprint density at radius 1 is 1.09 bits per heavy atom. The van der Waals surface area contributed by atoms with E-state index >= 15 is 0 Å². The van der Waals surface area contributed by atoms with Crippen molar-refractivity contribution in [3.63, 3.8) is 0 Å². The van der Waals surface area contributed by atoms with E-state index in [1.165, 1.54) is 5.56 Å². The number of hydrogen-bond acceptors (Lipinski definition) is 4. The van der Waals surface area contributed by atoms with E-state index < -0.39 is 0 Å². The summed E-state index contributed by atoms with van der Waals surface area (Å²) in [6.45, 7) is 11.1. The molecule has 1 saturated heterocycles. The van der Waals surface area contributed by atoms with Crippen molar-refractivity contribution in [3.8, 4) is 11.5 Å². The van der Waals surface area contributed by atoms with Gasteiger partial charge in [-0.2, -0.15) is 0 Å². The molecule has 0 unspecified atom stereocenters. The van der Waals surface area contributed by atoms with Crippen LogP contribution in [0, 0.1) is 5.41 Å². The first kappa shape index (κ1) is 17.6. The Labute approximate surface area is 142 Å². The minimum atomic E-state index is 0.126. The summed E-state index contributed by atoms with van der Waals surface area (Å²) in [5.74, 6) is 1.64. The van der Waals surface area contributed by atoms with Crippen LogP contribution in [0.1, 0.15) is 32.4 Å².